The zero-order chi connectivity index (χ0) is 9.14. The quantitative estimate of drug-likeness (QED) is 0.616. The maximum atomic E-state index is 9.24. The predicted molar refractivity (Wildman–Crippen MR) is 42.6 cm³/mol. The Labute approximate surface area is 72.1 Å². The van der Waals surface area contributed by atoms with Crippen molar-refractivity contribution in [1.82, 2.24) is 0 Å². The van der Waals surface area contributed by atoms with Gasteiger partial charge < -0.3 is 19.7 Å². The van der Waals surface area contributed by atoms with Crippen molar-refractivity contribution >= 4 is 0 Å². The summed E-state index contributed by atoms with van der Waals surface area (Å²) in [4.78, 5) is 0. The Morgan fingerprint density at radius 3 is 2.67 bits per heavy atom. The van der Waals surface area contributed by atoms with Gasteiger partial charge in [-0.2, -0.15) is 0 Å². The number of rotatable bonds is 2. The summed E-state index contributed by atoms with van der Waals surface area (Å²) in [6.45, 7) is 1.96. The molecule has 0 radical (unpaired) electrons. The third kappa shape index (κ3) is 1.95. The van der Waals surface area contributed by atoms with E-state index < -0.39 is 12.4 Å². The minimum Gasteiger partial charge on any atom is -0.388 e. The van der Waals surface area contributed by atoms with Gasteiger partial charge in [-0.3, -0.25) is 0 Å². The van der Waals surface area contributed by atoms with Crippen LogP contribution in [0.15, 0.2) is 0 Å². The van der Waals surface area contributed by atoms with E-state index in [0.29, 0.717) is 6.42 Å². The van der Waals surface area contributed by atoms with E-state index >= 15 is 0 Å². The molecular weight excluding hydrogens is 160 g/mol. The first-order valence-electron chi connectivity index (χ1n) is 4.23. The second-order valence-electron chi connectivity index (χ2n) is 3.05. The summed E-state index contributed by atoms with van der Waals surface area (Å²) < 4.78 is 10.2. The van der Waals surface area contributed by atoms with Crippen molar-refractivity contribution in [3.63, 3.8) is 0 Å². The van der Waals surface area contributed by atoms with Crippen molar-refractivity contribution in [3.8, 4) is 0 Å². The summed E-state index contributed by atoms with van der Waals surface area (Å²) in [5.74, 6) is 0. The standard InChI is InChI=1S/C8H16O4/c1-3-6-7(11-2)4-5(9)8(10)12-6/h5-10H,3-4H2,1-2H3/t5-,6+,7-,8?/m1/s1. The molecule has 1 rings (SSSR count). The zero-order valence-corrected chi connectivity index (χ0v) is 7.43. The van der Waals surface area contributed by atoms with Gasteiger partial charge in [0, 0.05) is 13.5 Å². The molecule has 2 N–H and O–H groups in total. The fourth-order valence-corrected chi connectivity index (χ4v) is 1.47. The molecule has 4 atom stereocenters. The van der Waals surface area contributed by atoms with Crippen molar-refractivity contribution in [2.45, 2.75) is 44.4 Å². The molecule has 0 bridgehead atoms. The molecule has 0 aromatic rings. The lowest BCUT2D eigenvalue weighted by molar-refractivity contribution is -0.249. The Morgan fingerprint density at radius 1 is 1.50 bits per heavy atom. The molecule has 0 saturated carbocycles. The largest absolute Gasteiger partial charge is 0.388 e. The van der Waals surface area contributed by atoms with Crippen LogP contribution in [0, 0.1) is 0 Å². The van der Waals surface area contributed by atoms with Gasteiger partial charge in [0.15, 0.2) is 6.29 Å². The maximum Gasteiger partial charge on any atom is 0.181 e. The smallest absolute Gasteiger partial charge is 0.181 e. The van der Waals surface area contributed by atoms with Gasteiger partial charge >= 0.3 is 0 Å². The fourth-order valence-electron chi connectivity index (χ4n) is 1.47. The highest BCUT2D eigenvalue weighted by atomic mass is 16.6. The Morgan fingerprint density at radius 2 is 2.17 bits per heavy atom. The van der Waals surface area contributed by atoms with Crippen LogP contribution in [-0.4, -0.2) is 41.9 Å². The summed E-state index contributed by atoms with van der Waals surface area (Å²) >= 11 is 0. The molecule has 4 heteroatoms. The molecule has 0 aromatic heterocycles. The topological polar surface area (TPSA) is 58.9 Å². The van der Waals surface area contributed by atoms with Gasteiger partial charge in [0.1, 0.15) is 6.10 Å². The van der Waals surface area contributed by atoms with Gasteiger partial charge in [-0.05, 0) is 6.42 Å². The van der Waals surface area contributed by atoms with E-state index in [1.165, 1.54) is 0 Å². The molecule has 1 saturated heterocycles. The summed E-state index contributed by atoms with van der Waals surface area (Å²) in [6.07, 6.45) is -0.862. The van der Waals surface area contributed by atoms with Gasteiger partial charge in [0.2, 0.25) is 0 Å². The molecule has 1 aliphatic heterocycles. The molecule has 72 valence electrons. The monoisotopic (exact) mass is 176 g/mol. The second kappa shape index (κ2) is 4.18. The summed E-state index contributed by atoms with van der Waals surface area (Å²) in [5, 5.41) is 18.4. The molecule has 1 aliphatic rings. The highest BCUT2D eigenvalue weighted by Gasteiger charge is 2.35. The molecule has 1 fully saturated rings. The SMILES string of the molecule is CC[C@@H]1OC(O)[C@H](O)C[C@H]1OC. The zero-order valence-electron chi connectivity index (χ0n) is 7.43. The molecular formula is C8H16O4. The summed E-state index contributed by atoms with van der Waals surface area (Å²) in [6, 6.07) is 0. The Kier molecular flexibility index (Phi) is 3.46. The lowest BCUT2D eigenvalue weighted by Gasteiger charge is -2.35. The number of methoxy groups -OCH3 is 1. The van der Waals surface area contributed by atoms with Crippen LogP contribution in [0.3, 0.4) is 0 Å². The van der Waals surface area contributed by atoms with E-state index in [4.69, 9.17) is 14.6 Å². The first-order valence-corrected chi connectivity index (χ1v) is 4.23. The highest BCUT2D eigenvalue weighted by molar-refractivity contribution is 4.80. The third-order valence-electron chi connectivity index (χ3n) is 2.24. The van der Waals surface area contributed by atoms with Crippen LogP contribution in [0.25, 0.3) is 0 Å². The fraction of sp³-hybridized carbons (Fsp3) is 1.00. The molecule has 4 nitrogen and oxygen atoms in total. The number of hydrogen-bond donors (Lipinski definition) is 2. The van der Waals surface area contributed by atoms with Crippen LogP contribution >= 0.6 is 0 Å². The van der Waals surface area contributed by atoms with Crippen molar-refractivity contribution in [3.05, 3.63) is 0 Å². The van der Waals surface area contributed by atoms with Gasteiger partial charge in [0.25, 0.3) is 0 Å². The molecule has 0 aromatic carbocycles. The van der Waals surface area contributed by atoms with Gasteiger partial charge in [0.05, 0.1) is 12.2 Å². The lowest BCUT2D eigenvalue weighted by atomic mass is 10.0. The van der Waals surface area contributed by atoms with Crippen LogP contribution in [0.5, 0.6) is 0 Å². The minimum atomic E-state index is -1.05. The van der Waals surface area contributed by atoms with E-state index in [0.717, 1.165) is 6.42 Å². The van der Waals surface area contributed by atoms with Gasteiger partial charge in [-0.25, -0.2) is 0 Å². The molecule has 1 heterocycles. The van der Waals surface area contributed by atoms with E-state index in [9.17, 15) is 5.11 Å². The van der Waals surface area contributed by atoms with Crippen LogP contribution in [-0.2, 0) is 9.47 Å². The average molecular weight is 176 g/mol. The first kappa shape index (κ1) is 9.92. The van der Waals surface area contributed by atoms with E-state index in [1.807, 2.05) is 6.92 Å². The third-order valence-corrected chi connectivity index (χ3v) is 2.24. The van der Waals surface area contributed by atoms with Crippen LogP contribution in [0.4, 0.5) is 0 Å². The second-order valence-corrected chi connectivity index (χ2v) is 3.05. The van der Waals surface area contributed by atoms with E-state index in [-0.39, 0.29) is 12.2 Å². The number of aliphatic hydroxyl groups is 2. The molecule has 12 heavy (non-hydrogen) atoms. The Bertz CT molecular complexity index is 123. The number of ether oxygens (including phenoxy) is 2. The van der Waals surface area contributed by atoms with Crippen LogP contribution < -0.4 is 0 Å². The molecule has 0 amide bonds. The summed E-state index contributed by atoms with van der Waals surface area (Å²) in [7, 11) is 1.58. The van der Waals surface area contributed by atoms with E-state index in [1.54, 1.807) is 7.11 Å². The average Bonchev–Trinajstić information content (AvgIpc) is 2.09. The van der Waals surface area contributed by atoms with Crippen molar-refractivity contribution in [2.24, 2.45) is 0 Å². The van der Waals surface area contributed by atoms with Crippen molar-refractivity contribution < 1.29 is 19.7 Å². The molecule has 1 unspecified atom stereocenters. The van der Waals surface area contributed by atoms with Crippen molar-refractivity contribution in [2.75, 3.05) is 7.11 Å². The molecule has 0 spiro atoms. The maximum absolute atomic E-state index is 9.24. The van der Waals surface area contributed by atoms with Gasteiger partial charge in [-0.1, -0.05) is 6.92 Å². The lowest BCUT2D eigenvalue weighted by Crippen LogP contribution is -2.47. The first-order chi connectivity index (χ1) is 5.69. The summed E-state index contributed by atoms with van der Waals surface area (Å²) in [5.41, 5.74) is 0. The van der Waals surface area contributed by atoms with E-state index in [2.05, 4.69) is 0 Å². The molecule has 0 aliphatic carbocycles. The normalized spacial score (nSPS) is 43.0. The predicted octanol–water partition coefficient (Wildman–Crippen LogP) is -0.120. The van der Waals surface area contributed by atoms with Crippen LogP contribution in [0.2, 0.25) is 0 Å². The van der Waals surface area contributed by atoms with Gasteiger partial charge in [-0.15, -0.1) is 0 Å². The minimum absolute atomic E-state index is 0.103. The van der Waals surface area contributed by atoms with Crippen LogP contribution in [0.1, 0.15) is 19.8 Å². The van der Waals surface area contributed by atoms with Crippen molar-refractivity contribution in [1.29, 1.82) is 0 Å². The highest BCUT2D eigenvalue weighted by Crippen LogP contribution is 2.22. The Hall–Kier alpha value is -0.160. The Balaban J connectivity index is 2.52. The number of aliphatic hydroxyl groups excluding tert-OH is 2. The number of hydrogen-bond acceptors (Lipinski definition) is 4.